The predicted octanol–water partition coefficient (Wildman–Crippen LogP) is 5.79. The number of alkyl halides is 3. The van der Waals surface area contributed by atoms with Gasteiger partial charge in [-0.25, -0.2) is 13.4 Å². The number of hydrogen-bond donors (Lipinski definition) is 2. The van der Waals surface area contributed by atoms with Crippen LogP contribution in [0, 0.1) is 17.5 Å². The van der Waals surface area contributed by atoms with Gasteiger partial charge in [0, 0.05) is 21.3 Å². The van der Waals surface area contributed by atoms with Crippen molar-refractivity contribution in [3.8, 4) is 11.6 Å². The molecule has 0 radical (unpaired) electrons. The van der Waals surface area contributed by atoms with Crippen LogP contribution >= 0.6 is 15.9 Å². The van der Waals surface area contributed by atoms with E-state index < -0.39 is 56.1 Å². The van der Waals surface area contributed by atoms with Crippen LogP contribution in [-0.4, -0.2) is 26.6 Å². The van der Waals surface area contributed by atoms with Crippen LogP contribution in [0.4, 0.5) is 23.2 Å². The molecule has 174 valence electrons. The summed E-state index contributed by atoms with van der Waals surface area (Å²) in [6, 6.07) is 9.14. The molecule has 33 heavy (non-hydrogen) atoms. The molecule has 7 nitrogen and oxygen atoms in total. The number of amides is 1. The van der Waals surface area contributed by atoms with Crippen LogP contribution in [0.3, 0.4) is 0 Å². The number of nitrogens with zero attached hydrogens (tertiary/aromatic N) is 2. The summed E-state index contributed by atoms with van der Waals surface area (Å²) in [5, 5.41) is 8.87. The highest BCUT2D eigenvalue weighted by Crippen LogP contribution is 2.36. The number of halogens is 5. The first-order chi connectivity index (χ1) is 15.3. The second kappa shape index (κ2) is 9.06. The van der Waals surface area contributed by atoms with E-state index in [-0.39, 0.29) is 10.6 Å². The fourth-order valence-electron chi connectivity index (χ4n) is 2.78. The molecule has 13 heteroatoms. The summed E-state index contributed by atoms with van der Waals surface area (Å²) in [6.45, 7) is 1.01. The second-order valence-electron chi connectivity index (χ2n) is 6.85. The third kappa shape index (κ3) is 5.66. The summed E-state index contributed by atoms with van der Waals surface area (Å²) in [5.41, 5.74) is -2.54. The lowest BCUT2D eigenvalue weighted by atomic mass is 10.1. The van der Waals surface area contributed by atoms with Gasteiger partial charge in [-0.3, -0.25) is 4.79 Å². The third-order valence-electron chi connectivity index (χ3n) is 4.32. The maximum atomic E-state index is 14.1. The minimum absolute atomic E-state index is 0.0729. The van der Waals surface area contributed by atoms with Crippen molar-refractivity contribution in [3.63, 3.8) is 0 Å². The lowest BCUT2D eigenvalue weighted by Gasteiger charge is -2.16. The molecule has 0 saturated heterocycles. The molecule has 0 aliphatic heterocycles. The van der Waals surface area contributed by atoms with Gasteiger partial charge in [0.1, 0.15) is 5.56 Å². The number of rotatable bonds is 5. The molecule has 1 heterocycles. The topological polar surface area (TPSA) is 105 Å². The fraction of sp³-hybridized carbons (Fsp3) is 0.150. The molecule has 2 N–H and O–H groups in total. The number of nitrogens with one attached hydrogen (secondary N) is 2. The van der Waals surface area contributed by atoms with E-state index in [1.165, 1.54) is 42.7 Å². The Morgan fingerprint density at radius 2 is 1.88 bits per heavy atom. The minimum atomic E-state index is -4.91. The summed E-state index contributed by atoms with van der Waals surface area (Å²) in [5.74, 6) is -2.94. The summed E-state index contributed by atoms with van der Waals surface area (Å²) < 4.78 is 79.7. The SMILES string of the molecule is Cc1c(C(F)(F)F)nnc(Oc2cc(Br)ccc2F)c1C(=O)Nc1cccc(S(C)(=N)=O)c1. The van der Waals surface area contributed by atoms with Gasteiger partial charge >= 0.3 is 6.18 Å². The van der Waals surface area contributed by atoms with E-state index in [4.69, 9.17) is 9.52 Å². The average molecular weight is 547 g/mol. The Labute approximate surface area is 194 Å². The van der Waals surface area contributed by atoms with Crippen molar-refractivity contribution in [3.05, 3.63) is 69.6 Å². The number of aromatic nitrogens is 2. The van der Waals surface area contributed by atoms with Crippen molar-refractivity contribution in [2.75, 3.05) is 11.6 Å². The zero-order chi connectivity index (χ0) is 24.6. The van der Waals surface area contributed by atoms with Crippen LogP contribution < -0.4 is 10.1 Å². The quantitative estimate of drug-likeness (QED) is 0.394. The number of benzene rings is 2. The predicted molar refractivity (Wildman–Crippen MR) is 115 cm³/mol. The molecule has 1 amide bonds. The average Bonchev–Trinajstić information content (AvgIpc) is 2.69. The van der Waals surface area contributed by atoms with Crippen LogP contribution in [0.5, 0.6) is 11.6 Å². The van der Waals surface area contributed by atoms with Gasteiger partial charge < -0.3 is 10.1 Å². The first-order valence-corrected chi connectivity index (χ1v) is 11.8. The van der Waals surface area contributed by atoms with Crippen molar-refractivity contribution in [2.24, 2.45) is 0 Å². The Bertz CT molecular complexity index is 1350. The Morgan fingerprint density at radius 3 is 2.52 bits per heavy atom. The van der Waals surface area contributed by atoms with Gasteiger partial charge in [0.2, 0.25) is 0 Å². The molecule has 3 aromatic rings. The summed E-state index contributed by atoms with van der Waals surface area (Å²) in [7, 11) is -3.11. The third-order valence-corrected chi connectivity index (χ3v) is 5.97. The molecule has 0 bridgehead atoms. The van der Waals surface area contributed by atoms with Crippen LogP contribution in [0.1, 0.15) is 21.6 Å². The normalized spacial score (nSPS) is 13.3. The molecule has 1 atom stereocenters. The standard InChI is InChI=1S/C20H15BrF4N4O3S/c1-10-16(18(30)27-12-4-3-5-13(9-12)33(2,26)31)19(29-28-17(10)20(23,24)25)32-15-8-11(21)6-7-14(15)22/h3-9,26H,1-2H3,(H,27,30). The van der Waals surface area contributed by atoms with Crippen LogP contribution in [0.2, 0.25) is 0 Å². The zero-order valence-corrected chi connectivity index (χ0v) is 19.4. The van der Waals surface area contributed by atoms with Gasteiger partial charge in [-0.1, -0.05) is 22.0 Å². The smallest absolute Gasteiger partial charge is 0.434 e. The van der Waals surface area contributed by atoms with Gasteiger partial charge in [0.25, 0.3) is 11.8 Å². The lowest BCUT2D eigenvalue weighted by molar-refractivity contribution is -0.142. The fourth-order valence-corrected chi connectivity index (χ4v) is 3.81. The number of carbonyl (C=O) groups is 1. The van der Waals surface area contributed by atoms with Crippen molar-refractivity contribution in [1.82, 2.24) is 10.2 Å². The molecule has 0 aliphatic rings. The zero-order valence-electron chi connectivity index (χ0n) is 17.0. The van der Waals surface area contributed by atoms with Crippen LogP contribution in [0.25, 0.3) is 0 Å². The maximum Gasteiger partial charge on any atom is 0.435 e. The second-order valence-corrected chi connectivity index (χ2v) is 9.93. The number of ether oxygens (including phenoxy) is 1. The Hall–Kier alpha value is -3.06. The summed E-state index contributed by atoms with van der Waals surface area (Å²) in [6.07, 6.45) is -3.73. The van der Waals surface area contributed by atoms with E-state index in [2.05, 4.69) is 31.4 Å². The Balaban J connectivity index is 2.09. The first kappa shape index (κ1) is 24.6. The molecular formula is C20H15BrF4N4O3S. The van der Waals surface area contributed by atoms with Crippen LogP contribution in [-0.2, 0) is 15.9 Å². The molecule has 0 fully saturated rings. The highest BCUT2D eigenvalue weighted by atomic mass is 79.9. The molecule has 1 aromatic heterocycles. The maximum absolute atomic E-state index is 14.1. The van der Waals surface area contributed by atoms with E-state index >= 15 is 0 Å². The molecule has 0 spiro atoms. The van der Waals surface area contributed by atoms with Crippen molar-refractivity contribution < 1.29 is 31.3 Å². The molecule has 3 rings (SSSR count). The molecule has 2 aromatic carbocycles. The van der Waals surface area contributed by atoms with Crippen molar-refractivity contribution in [1.29, 1.82) is 4.78 Å². The van der Waals surface area contributed by atoms with Gasteiger partial charge in [-0.2, -0.15) is 13.2 Å². The highest BCUT2D eigenvalue weighted by Gasteiger charge is 2.38. The largest absolute Gasteiger partial charge is 0.435 e. The first-order valence-electron chi connectivity index (χ1n) is 9.00. The number of anilines is 1. The van der Waals surface area contributed by atoms with Crippen molar-refractivity contribution >= 4 is 37.3 Å². The van der Waals surface area contributed by atoms with Gasteiger partial charge in [-0.05, 0) is 48.9 Å². The van der Waals surface area contributed by atoms with Crippen molar-refractivity contribution in [2.45, 2.75) is 18.0 Å². The highest BCUT2D eigenvalue weighted by molar-refractivity contribution is 9.10. The van der Waals surface area contributed by atoms with Gasteiger partial charge in [-0.15, -0.1) is 10.2 Å². The number of carbonyl (C=O) groups excluding carboxylic acids is 1. The lowest BCUT2D eigenvalue weighted by Crippen LogP contribution is -2.21. The summed E-state index contributed by atoms with van der Waals surface area (Å²) >= 11 is 3.13. The van der Waals surface area contributed by atoms with Gasteiger partial charge in [0.15, 0.2) is 17.3 Å². The van der Waals surface area contributed by atoms with E-state index in [1.54, 1.807) is 0 Å². The Kier molecular flexibility index (Phi) is 6.75. The summed E-state index contributed by atoms with van der Waals surface area (Å²) in [4.78, 5) is 13.1. The monoisotopic (exact) mass is 546 g/mol. The van der Waals surface area contributed by atoms with Gasteiger partial charge in [0.05, 0.1) is 9.73 Å². The number of hydrogen-bond acceptors (Lipinski definition) is 6. The molecular weight excluding hydrogens is 532 g/mol. The van der Waals surface area contributed by atoms with Crippen LogP contribution in [0.15, 0.2) is 51.8 Å². The molecule has 0 saturated carbocycles. The molecule has 1 unspecified atom stereocenters. The van der Waals surface area contributed by atoms with E-state index in [1.807, 2.05) is 0 Å². The molecule has 0 aliphatic carbocycles. The Morgan fingerprint density at radius 1 is 1.18 bits per heavy atom. The van der Waals surface area contributed by atoms with E-state index in [0.29, 0.717) is 4.47 Å². The van der Waals surface area contributed by atoms with E-state index in [0.717, 1.165) is 13.0 Å². The van der Waals surface area contributed by atoms with E-state index in [9.17, 15) is 26.6 Å². The minimum Gasteiger partial charge on any atom is -0.434 e.